The summed E-state index contributed by atoms with van der Waals surface area (Å²) < 4.78 is 9.80. The SMILES string of the molecule is O=C(CCCC(=O)CCCC1CCOC1=O)CCCC1CCOC1=O. The van der Waals surface area contributed by atoms with Gasteiger partial charge in [-0.25, -0.2) is 0 Å². The van der Waals surface area contributed by atoms with Crippen LogP contribution in [0.1, 0.15) is 70.6 Å². The molecule has 2 saturated heterocycles. The van der Waals surface area contributed by atoms with Crippen molar-refractivity contribution in [2.45, 2.75) is 70.6 Å². The van der Waals surface area contributed by atoms with Crippen LogP contribution in [0, 0.1) is 11.8 Å². The van der Waals surface area contributed by atoms with Gasteiger partial charge in [-0.3, -0.25) is 19.2 Å². The van der Waals surface area contributed by atoms with Crippen LogP contribution in [0.2, 0.25) is 0 Å². The molecule has 0 aromatic carbocycles. The number of esters is 2. The molecule has 2 aliphatic heterocycles. The Balaban J connectivity index is 1.45. The Hall–Kier alpha value is -1.72. The summed E-state index contributed by atoms with van der Waals surface area (Å²) in [7, 11) is 0. The first-order valence-corrected chi connectivity index (χ1v) is 9.43. The lowest BCUT2D eigenvalue weighted by Gasteiger charge is -2.06. The molecule has 0 N–H and O–H groups in total. The van der Waals surface area contributed by atoms with Crippen molar-refractivity contribution in [1.29, 1.82) is 0 Å². The third kappa shape index (κ3) is 6.96. The fraction of sp³-hybridized carbons (Fsp3) is 0.789. The summed E-state index contributed by atoms with van der Waals surface area (Å²) in [4.78, 5) is 46.3. The maximum absolute atomic E-state index is 11.8. The van der Waals surface area contributed by atoms with E-state index in [9.17, 15) is 19.2 Å². The van der Waals surface area contributed by atoms with Gasteiger partial charge in [0.15, 0.2) is 0 Å². The van der Waals surface area contributed by atoms with E-state index < -0.39 is 0 Å². The van der Waals surface area contributed by atoms with Crippen molar-refractivity contribution >= 4 is 23.5 Å². The summed E-state index contributed by atoms with van der Waals surface area (Å²) in [6.45, 7) is 1.00. The molecule has 140 valence electrons. The van der Waals surface area contributed by atoms with Crippen molar-refractivity contribution in [1.82, 2.24) is 0 Å². The van der Waals surface area contributed by atoms with Crippen molar-refractivity contribution in [3.05, 3.63) is 0 Å². The number of Topliss-reactive ketones (excluding diaryl/α,β-unsaturated/α-hetero) is 2. The predicted molar refractivity (Wildman–Crippen MR) is 89.7 cm³/mol. The van der Waals surface area contributed by atoms with E-state index in [4.69, 9.17) is 9.47 Å². The van der Waals surface area contributed by atoms with E-state index in [1.807, 2.05) is 0 Å². The average Bonchev–Trinajstić information content (AvgIpc) is 3.16. The lowest BCUT2D eigenvalue weighted by atomic mass is 9.97. The average molecular weight is 352 g/mol. The van der Waals surface area contributed by atoms with E-state index >= 15 is 0 Å². The van der Waals surface area contributed by atoms with Gasteiger partial charge in [-0.1, -0.05) is 0 Å². The predicted octanol–water partition coefficient (Wildman–Crippen LogP) is 2.76. The van der Waals surface area contributed by atoms with Crippen LogP contribution in [0.25, 0.3) is 0 Å². The molecule has 2 fully saturated rings. The van der Waals surface area contributed by atoms with Crippen LogP contribution >= 0.6 is 0 Å². The van der Waals surface area contributed by atoms with Crippen LogP contribution in [0.15, 0.2) is 0 Å². The summed E-state index contributed by atoms with van der Waals surface area (Å²) in [6.07, 6.45) is 6.78. The zero-order valence-corrected chi connectivity index (χ0v) is 14.8. The maximum atomic E-state index is 11.8. The molecule has 0 spiro atoms. The number of hydrogen-bond acceptors (Lipinski definition) is 6. The van der Waals surface area contributed by atoms with Gasteiger partial charge < -0.3 is 9.47 Å². The number of carbonyl (C=O) groups is 4. The molecule has 25 heavy (non-hydrogen) atoms. The zero-order chi connectivity index (χ0) is 18.1. The van der Waals surface area contributed by atoms with Crippen LogP contribution in [0.3, 0.4) is 0 Å². The normalized spacial score (nSPS) is 22.7. The number of carbonyl (C=O) groups excluding carboxylic acids is 4. The molecule has 0 aromatic rings. The minimum Gasteiger partial charge on any atom is -0.465 e. The first kappa shape index (κ1) is 19.6. The molecule has 2 rings (SSSR count). The fourth-order valence-corrected chi connectivity index (χ4v) is 3.42. The minimum absolute atomic E-state index is 0.0356. The molecule has 0 aromatic heterocycles. The molecule has 6 nitrogen and oxygen atoms in total. The Kier molecular flexibility index (Phi) is 8.09. The number of hydrogen-bond donors (Lipinski definition) is 0. The van der Waals surface area contributed by atoms with Crippen LogP contribution in [0.5, 0.6) is 0 Å². The van der Waals surface area contributed by atoms with Crippen molar-refractivity contribution in [2.24, 2.45) is 11.8 Å². The Bertz CT molecular complexity index is 454. The number of rotatable bonds is 12. The molecule has 2 heterocycles. The molecule has 0 radical (unpaired) electrons. The Labute approximate surface area is 148 Å². The second-order valence-corrected chi connectivity index (χ2v) is 7.02. The van der Waals surface area contributed by atoms with Crippen LogP contribution in [-0.4, -0.2) is 36.7 Å². The van der Waals surface area contributed by atoms with Crippen molar-refractivity contribution in [2.75, 3.05) is 13.2 Å². The van der Waals surface area contributed by atoms with Gasteiger partial charge in [0.2, 0.25) is 0 Å². The second-order valence-electron chi connectivity index (χ2n) is 7.02. The first-order chi connectivity index (χ1) is 12.1. The van der Waals surface area contributed by atoms with E-state index in [-0.39, 0.29) is 35.3 Å². The molecule has 6 heteroatoms. The van der Waals surface area contributed by atoms with E-state index in [1.165, 1.54) is 0 Å². The Morgan fingerprint density at radius 2 is 1.12 bits per heavy atom. The smallest absolute Gasteiger partial charge is 0.309 e. The lowest BCUT2D eigenvalue weighted by Crippen LogP contribution is -2.09. The molecule has 2 unspecified atom stereocenters. The highest BCUT2D eigenvalue weighted by atomic mass is 16.5. The highest BCUT2D eigenvalue weighted by Crippen LogP contribution is 2.22. The third-order valence-corrected chi connectivity index (χ3v) is 5.02. The molecule has 0 aliphatic carbocycles. The summed E-state index contributed by atoms with van der Waals surface area (Å²) in [5.41, 5.74) is 0. The third-order valence-electron chi connectivity index (χ3n) is 5.02. The van der Waals surface area contributed by atoms with E-state index in [1.54, 1.807) is 0 Å². The molecular weight excluding hydrogens is 324 g/mol. The van der Waals surface area contributed by atoms with Gasteiger partial charge in [0.05, 0.1) is 25.0 Å². The number of ether oxygens (including phenoxy) is 2. The Morgan fingerprint density at radius 3 is 1.48 bits per heavy atom. The van der Waals surface area contributed by atoms with Gasteiger partial charge in [-0.15, -0.1) is 0 Å². The fourth-order valence-electron chi connectivity index (χ4n) is 3.42. The molecule has 2 atom stereocenters. The van der Waals surface area contributed by atoms with Gasteiger partial charge >= 0.3 is 11.9 Å². The molecule has 0 saturated carbocycles. The zero-order valence-electron chi connectivity index (χ0n) is 14.8. The van der Waals surface area contributed by atoms with Crippen LogP contribution in [-0.2, 0) is 28.7 Å². The van der Waals surface area contributed by atoms with Gasteiger partial charge in [0, 0.05) is 25.7 Å². The quantitative estimate of drug-likeness (QED) is 0.502. The standard InChI is InChI=1S/C19H28O6/c20-16(6-1-4-14-10-12-24-18(14)22)8-3-9-17(21)7-2-5-15-11-13-25-19(15)23/h14-15H,1-13H2. The summed E-state index contributed by atoms with van der Waals surface area (Å²) in [5.74, 6) is -0.0217. The monoisotopic (exact) mass is 352 g/mol. The van der Waals surface area contributed by atoms with Crippen molar-refractivity contribution in [3.63, 3.8) is 0 Å². The molecule has 2 aliphatic rings. The van der Waals surface area contributed by atoms with Crippen LogP contribution in [0.4, 0.5) is 0 Å². The second kappa shape index (κ2) is 10.3. The summed E-state index contributed by atoms with van der Waals surface area (Å²) in [6, 6.07) is 0. The molecule has 0 amide bonds. The van der Waals surface area contributed by atoms with Crippen molar-refractivity contribution in [3.8, 4) is 0 Å². The van der Waals surface area contributed by atoms with Gasteiger partial charge in [0.25, 0.3) is 0 Å². The summed E-state index contributed by atoms with van der Waals surface area (Å²) >= 11 is 0. The van der Waals surface area contributed by atoms with E-state index in [0.717, 1.165) is 12.8 Å². The van der Waals surface area contributed by atoms with E-state index in [2.05, 4.69) is 0 Å². The van der Waals surface area contributed by atoms with Gasteiger partial charge in [-0.05, 0) is 44.9 Å². The topological polar surface area (TPSA) is 86.7 Å². The highest BCUT2D eigenvalue weighted by Gasteiger charge is 2.26. The first-order valence-electron chi connectivity index (χ1n) is 9.43. The number of ketones is 2. The van der Waals surface area contributed by atoms with Crippen molar-refractivity contribution < 1.29 is 28.7 Å². The highest BCUT2D eigenvalue weighted by molar-refractivity contribution is 5.81. The number of cyclic esters (lactones) is 2. The minimum atomic E-state index is -0.135. The molecular formula is C19H28O6. The molecule has 0 bridgehead atoms. The lowest BCUT2D eigenvalue weighted by molar-refractivity contribution is -0.142. The van der Waals surface area contributed by atoms with Gasteiger partial charge in [-0.2, -0.15) is 0 Å². The largest absolute Gasteiger partial charge is 0.465 e. The summed E-state index contributed by atoms with van der Waals surface area (Å²) in [5, 5.41) is 0. The van der Waals surface area contributed by atoms with Gasteiger partial charge in [0.1, 0.15) is 11.6 Å². The maximum Gasteiger partial charge on any atom is 0.309 e. The Morgan fingerprint density at radius 1 is 0.720 bits per heavy atom. The van der Waals surface area contributed by atoms with E-state index in [0.29, 0.717) is 71.0 Å². The van der Waals surface area contributed by atoms with Crippen LogP contribution < -0.4 is 0 Å².